The van der Waals surface area contributed by atoms with Gasteiger partial charge in [0.15, 0.2) is 9.54 Å². The summed E-state index contributed by atoms with van der Waals surface area (Å²) in [6.45, 7) is 3.50. The van der Waals surface area contributed by atoms with Crippen LogP contribution in [0.15, 0.2) is 36.4 Å². The molecule has 2 aromatic heterocycles. The highest BCUT2D eigenvalue weighted by Crippen LogP contribution is 2.67. The third-order valence-electron chi connectivity index (χ3n) is 9.77. The summed E-state index contributed by atoms with van der Waals surface area (Å²) in [5.41, 5.74) is 5.34. The van der Waals surface area contributed by atoms with E-state index in [1.165, 1.54) is 23.5 Å². The predicted octanol–water partition coefficient (Wildman–Crippen LogP) is 6.97. The minimum Gasteiger partial charge on any atom is -0.481 e. The van der Waals surface area contributed by atoms with Crippen LogP contribution in [0.1, 0.15) is 71.9 Å². The van der Waals surface area contributed by atoms with Gasteiger partial charge < -0.3 is 24.2 Å². The van der Waals surface area contributed by atoms with Crippen molar-refractivity contribution in [1.29, 1.82) is 0 Å². The second-order valence-corrected chi connectivity index (χ2v) is 13.9. The molecule has 2 aromatic carbocycles. The van der Waals surface area contributed by atoms with Crippen molar-refractivity contribution >= 4 is 65.9 Å². The maximum atomic E-state index is 14.3. The van der Waals surface area contributed by atoms with Gasteiger partial charge in [0.05, 0.1) is 6.42 Å². The van der Waals surface area contributed by atoms with Crippen molar-refractivity contribution in [2.45, 2.75) is 74.8 Å². The number of carboxylic acid groups (broad SMARTS) is 1. The van der Waals surface area contributed by atoms with E-state index in [1.54, 1.807) is 24.3 Å². The molecule has 2 saturated carbocycles. The number of aromatic amines is 2. The number of carbonyl (C=O) groups is 1. The molecule has 8 rings (SSSR count). The molecule has 4 atom stereocenters. The number of nitrogens with zero attached hydrogens (tertiary/aromatic N) is 2. The molecule has 0 bridgehead atoms. The fourth-order valence-corrected chi connectivity index (χ4v) is 8.55. The van der Waals surface area contributed by atoms with Crippen LogP contribution in [0.4, 0.5) is 8.78 Å². The lowest BCUT2D eigenvalue weighted by atomic mass is 9.93. The van der Waals surface area contributed by atoms with E-state index in [-0.39, 0.29) is 47.1 Å². The monoisotopic (exact) mass is 748 g/mol. The zero-order valence-corrected chi connectivity index (χ0v) is 28.9. The number of halogens is 4. The van der Waals surface area contributed by atoms with E-state index in [2.05, 4.69) is 21.5 Å². The van der Waals surface area contributed by atoms with Crippen molar-refractivity contribution < 1.29 is 37.9 Å². The largest absolute Gasteiger partial charge is 0.481 e. The lowest BCUT2D eigenvalue weighted by Gasteiger charge is -2.14. The highest BCUT2D eigenvalue weighted by atomic mass is 35.5. The summed E-state index contributed by atoms with van der Waals surface area (Å²) in [4.78, 5) is 49.7. The van der Waals surface area contributed by atoms with Crippen LogP contribution in [0.3, 0.4) is 0 Å². The van der Waals surface area contributed by atoms with E-state index < -0.39 is 5.97 Å². The molecule has 4 aliphatic rings. The topological polar surface area (TPSA) is 147 Å². The number of nitrogens with one attached hydrogen (secondary N) is 2. The lowest BCUT2D eigenvalue weighted by molar-refractivity contribution is -0.193. The van der Waals surface area contributed by atoms with Crippen molar-refractivity contribution in [2.24, 2.45) is 0 Å². The Labute approximate surface area is 298 Å². The standard InChI is InChI=1S/C16H14ClFN2O2S.C15H14ClFN2S.2CO2/c17-8-1-2-11(18)9(5-8)16-6-10(16)14-12(3-4-13(21)22)19-15(23)20(14)7-16;1-2-12-13-10-6-15(10,7-19(13)14(20)18-12)9-5-8(16)3-4-11(9)17;2*2-1-3/h1-2,5,10H,3-4,6-7H2,(H,19,23)(H,21,22);3-5,10H,2,6-7H2,1H3,(H,18,20);;/t10-,16+;10-,15+;;/m00../s1. The molecule has 2 fully saturated rings. The number of H-pyrrole nitrogens is 2. The van der Waals surface area contributed by atoms with Gasteiger partial charge in [0, 0.05) is 68.6 Å². The summed E-state index contributed by atoms with van der Waals surface area (Å²) in [6.07, 6.45) is 3.72. The van der Waals surface area contributed by atoms with Gasteiger partial charge in [-0.15, -0.1) is 0 Å². The Bertz CT molecular complexity index is 2140. The fourth-order valence-electron chi connectivity index (χ4n) is 7.63. The number of aromatic nitrogens is 4. The lowest BCUT2D eigenvalue weighted by Crippen LogP contribution is -2.14. The summed E-state index contributed by atoms with van der Waals surface area (Å²) >= 11 is 22.8. The minimum absolute atomic E-state index is 0.0491. The van der Waals surface area contributed by atoms with Crippen molar-refractivity contribution in [3.8, 4) is 0 Å². The van der Waals surface area contributed by atoms with Crippen LogP contribution in [-0.2, 0) is 60.7 Å². The van der Waals surface area contributed by atoms with Crippen molar-refractivity contribution in [3.05, 3.63) is 102 Å². The highest BCUT2D eigenvalue weighted by molar-refractivity contribution is 7.71. The quantitative estimate of drug-likeness (QED) is 0.179. The molecule has 256 valence electrons. The normalized spacial score (nSPS) is 22.6. The van der Waals surface area contributed by atoms with Gasteiger partial charge in [-0.25, -0.2) is 8.78 Å². The first kappa shape index (κ1) is 36.3. The van der Waals surface area contributed by atoms with Crippen molar-refractivity contribution in [2.75, 3.05) is 0 Å². The van der Waals surface area contributed by atoms with Crippen LogP contribution in [0.25, 0.3) is 0 Å². The van der Waals surface area contributed by atoms with Gasteiger partial charge in [-0.2, -0.15) is 19.2 Å². The SMILES string of the molecule is CCc1[nH]c(=S)n2c1[C@@H]1C[C@]1(c1cc(Cl)ccc1F)C2.O=C(O)CCc1[nH]c(=S)n2c1[C@@H]1C[C@]1(c1cc(Cl)ccc1F)C2.O=C=O.O=C=O. The molecular formula is C33H28Cl2F2N4O6S2. The Morgan fingerprint density at radius 3 is 1.67 bits per heavy atom. The molecular weight excluding hydrogens is 721 g/mol. The Balaban J connectivity index is 0.000000166. The molecule has 0 radical (unpaired) electrons. The summed E-state index contributed by atoms with van der Waals surface area (Å²) < 4.78 is 34.0. The number of carboxylic acids is 1. The molecule has 4 aromatic rings. The summed E-state index contributed by atoms with van der Waals surface area (Å²) in [6, 6.07) is 9.51. The molecule has 0 unspecified atom stereocenters. The average molecular weight is 750 g/mol. The Morgan fingerprint density at radius 1 is 0.857 bits per heavy atom. The van der Waals surface area contributed by atoms with Crippen LogP contribution >= 0.6 is 47.6 Å². The number of carbonyl (C=O) groups excluding carboxylic acids is 4. The summed E-state index contributed by atoms with van der Waals surface area (Å²) in [5.74, 6) is -0.698. The van der Waals surface area contributed by atoms with Gasteiger partial charge in [-0.05, 0) is 97.6 Å². The van der Waals surface area contributed by atoms with Gasteiger partial charge in [0.2, 0.25) is 0 Å². The van der Waals surface area contributed by atoms with Crippen LogP contribution < -0.4 is 0 Å². The zero-order valence-electron chi connectivity index (χ0n) is 25.8. The highest BCUT2D eigenvalue weighted by Gasteiger charge is 2.64. The summed E-state index contributed by atoms with van der Waals surface area (Å²) in [7, 11) is 0. The Kier molecular flexibility index (Phi) is 10.4. The molecule has 10 nitrogen and oxygen atoms in total. The number of rotatable bonds is 6. The Morgan fingerprint density at radius 2 is 1.27 bits per heavy atom. The zero-order chi connectivity index (χ0) is 35.8. The van der Waals surface area contributed by atoms with Gasteiger partial charge in [0.25, 0.3) is 0 Å². The number of aliphatic carboxylic acids is 1. The first-order valence-corrected chi connectivity index (χ1v) is 16.6. The molecule has 2 aliphatic heterocycles. The molecule has 49 heavy (non-hydrogen) atoms. The number of hydrogen-bond acceptors (Lipinski definition) is 7. The van der Waals surface area contributed by atoms with Gasteiger partial charge in [-0.1, -0.05) is 30.1 Å². The third kappa shape index (κ3) is 6.52. The number of imidazole rings is 2. The first-order valence-electron chi connectivity index (χ1n) is 15.1. The molecule has 16 heteroatoms. The fraction of sp³-hybridized carbons (Fsp3) is 0.364. The first-order chi connectivity index (χ1) is 23.3. The molecule has 0 spiro atoms. The second kappa shape index (κ2) is 14.1. The average Bonchev–Trinajstić information content (AvgIpc) is 3.76. The van der Waals surface area contributed by atoms with Gasteiger partial charge in [-0.3, -0.25) is 4.79 Å². The molecule has 0 amide bonds. The molecule has 3 N–H and O–H groups in total. The van der Waals surface area contributed by atoms with E-state index in [0.29, 0.717) is 39.3 Å². The van der Waals surface area contributed by atoms with Crippen LogP contribution in [0, 0.1) is 21.2 Å². The van der Waals surface area contributed by atoms with Gasteiger partial charge in [0.1, 0.15) is 11.6 Å². The Hall–Kier alpha value is -4.03. The maximum absolute atomic E-state index is 14.3. The van der Waals surface area contributed by atoms with Crippen molar-refractivity contribution in [3.63, 3.8) is 0 Å². The predicted molar refractivity (Wildman–Crippen MR) is 175 cm³/mol. The maximum Gasteiger partial charge on any atom is 0.373 e. The summed E-state index contributed by atoms with van der Waals surface area (Å²) in [5, 5.41) is 10.0. The van der Waals surface area contributed by atoms with Crippen LogP contribution in [0.5, 0.6) is 0 Å². The van der Waals surface area contributed by atoms with Crippen molar-refractivity contribution in [1.82, 2.24) is 19.1 Å². The van der Waals surface area contributed by atoms with E-state index in [9.17, 15) is 13.6 Å². The third-order valence-corrected chi connectivity index (χ3v) is 10.9. The molecule has 2 aliphatic carbocycles. The number of benzene rings is 2. The molecule has 4 heterocycles. The van der Waals surface area contributed by atoms with Gasteiger partial charge >= 0.3 is 18.3 Å². The van der Waals surface area contributed by atoms with Crippen LogP contribution in [0.2, 0.25) is 10.0 Å². The minimum atomic E-state index is -0.842. The smallest absolute Gasteiger partial charge is 0.373 e. The van der Waals surface area contributed by atoms with E-state index in [1.807, 2.05) is 4.57 Å². The second-order valence-electron chi connectivity index (χ2n) is 12.2. The number of aryl methyl sites for hydroxylation is 2. The number of hydrogen-bond donors (Lipinski definition) is 3. The van der Waals surface area contributed by atoms with Crippen LogP contribution in [-0.4, -0.2) is 42.5 Å². The van der Waals surface area contributed by atoms with E-state index in [4.69, 9.17) is 71.9 Å². The van der Waals surface area contributed by atoms with E-state index >= 15 is 0 Å². The molecule has 0 saturated heterocycles. The number of fused-ring (bicyclic) bond motifs is 6. The van der Waals surface area contributed by atoms with E-state index in [0.717, 1.165) is 47.5 Å².